The van der Waals surface area contributed by atoms with E-state index in [9.17, 15) is 13.6 Å². The topological polar surface area (TPSA) is 67.8 Å². The zero-order valence-corrected chi connectivity index (χ0v) is 13.1. The van der Waals surface area contributed by atoms with E-state index in [-0.39, 0.29) is 17.0 Å². The predicted molar refractivity (Wildman–Crippen MR) is 78.4 cm³/mol. The molecule has 0 aromatic heterocycles. The zero-order chi connectivity index (χ0) is 17.0. The number of nitrogens with one attached hydrogen (secondary N) is 1. The van der Waals surface area contributed by atoms with Gasteiger partial charge in [0.15, 0.2) is 0 Å². The molecule has 1 amide bonds. The largest absolute Gasteiger partial charge is 0.495 e. The summed E-state index contributed by atoms with van der Waals surface area (Å²) in [5, 5.41) is 11.1. The van der Waals surface area contributed by atoms with Gasteiger partial charge in [-0.3, -0.25) is 5.32 Å². The lowest BCUT2D eigenvalue weighted by atomic mass is 10.0. The molecule has 0 saturated carbocycles. The van der Waals surface area contributed by atoms with Crippen LogP contribution in [0.25, 0.3) is 0 Å². The Morgan fingerprint density at radius 2 is 1.95 bits per heavy atom. The van der Waals surface area contributed by atoms with Crippen molar-refractivity contribution in [1.29, 1.82) is 0 Å². The first-order valence-electron chi connectivity index (χ1n) is 6.76. The third kappa shape index (κ3) is 5.14. The number of amides is 1. The minimum absolute atomic E-state index is 0.0842. The monoisotopic (exact) mass is 317 g/mol. The quantitative estimate of drug-likeness (QED) is 0.872. The molecule has 0 fully saturated rings. The number of halogens is 2. The first kappa shape index (κ1) is 18.2. The highest BCUT2D eigenvalue weighted by Crippen LogP contribution is 2.36. The summed E-state index contributed by atoms with van der Waals surface area (Å²) in [6.07, 6.45) is -1.39. The predicted octanol–water partition coefficient (Wildman–Crippen LogP) is 3.52. The Balaban J connectivity index is 2.97. The fourth-order valence-electron chi connectivity index (χ4n) is 1.72. The average Bonchev–Trinajstić information content (AvgIpc) is 2.36. The second-order valence-corrected chi connectivity index (χ2v) is 5.72. The summed E-state index contributed by atoms with van der Waals surface area (Å²) in [5.41, 5.74) is -0.751. The van der Waals surface area contributed by atoms with Crippen LogP contribution in [0.3, 0.4) is 0 Å². The standard InChI is InChI=1S/C15H21F2NO4/c1-14(2,3)22-13(20)18-11-6-5-10(9-12(11)21-4)15(16,17)7-8-19/h5-6,9,19H,7-8H2,1-4H3,(H,18,20). The van der Waals surface area contributed by atoms with Gasteiger partial charge in [0.2, 0.25) is 0 Å². The second kappa shape index (κ2) is 6.91. The molecule has 5 nitrogen and oxygen atoms in total. The lowest BCUT2D eigenvalue weighted by Gasteiger charge is -2.21. The van der Waals surface area contributed by atoms with Gasteiger partial charge in [0.1, 0.15) is 11.4 Å². The summed E-state index contributed by atoms with van der Waals surface area (Å²) in [6, 6.07) is 3.61. The number of aliphatic hydroxyl groups is 1. The van der Waals surface area contributed by atoms with Gasteiger partial charge in [-0.05, 0) is 32.9 Å². The van der Waals surface area contributed by atoms with Crippen LogP contribution in [-0.4, -0.2) is 30.5 Å². The molecule has 7 heteroatoms. The van der Waals surface area contributed by atoms with E-state index in [0.29, 0.717) is 0 Å². The molecule has 0 bridgehead atoms. The fourth-order valence-corrected chi connectivity index (χ4v) is 1.72. The van der Waals surface area contributed by atoms with Crippen molar-refractivity contribution in [3.05, 3.63) is 23.8 Å². The summed E-state index contributed by atoms with van der Waals surface area (Å²) in [4.78, 5) is 11.7. The van der Waals surface area contributed by atoms with Crippen molar-refractivity contribution in [3.8, 4) is 5.75 Å². The number of ether oxygens (including phenoxy) is 2. The van der Waals surface area contributed by atoms with E-state index >= 15 is 0 Å². The van der Waals surface area contributed by atoms with Gasteiger partial charge in [-0.1, -0.05) is 6.07 Å². The van der Waals surface area contributed by atoms with Crippen LogP contribution in [0, 0.1) is 0 Å². The number of benzene rings is 1. The molecule has 0 aliphatic carbocycles. The molecule has 1 aromatic rings. The molecular weight excluding hydrogens is 296 g/mol. The number of carbonyl (C=O) groups is 1. The average molecular weight is 317 g/mol. The van der Waals surface area contributed by atoms with Gasteiger partial charge >= 0.3 is 6.09 Å². The van der Waals surface area contributed by atoms with Gasteiger partial charge in [0.25, 0.3) is 5.92 Å². The third-order valence-electron chi connectivity index (χ3n) is 2.69. The Morgan fingerprint density at radius 3 is 2.45 bits per heavy atom. The maximum Gasteiger partial charge on any atom is 0.412 e. The molecule has 0 unspecified atom stereocenters. The fraction of sp³-hybridized carbons (Fsp3) is 0.533. The molecule has 0 heterocycles. The Bertz CT molecular complexity index is 527. The Labute approximate surface area is 128 Å². The molecule has 1 rings (SSSR count). The summed E-state index contributed by atoms with van der Waals surface area (Å²) >= 11 is 0. The smallest absolute Gasteiger partial charge is 0.412 e. The van der Waals surface area contributed by atoms with Crippen LogP contribution in [0.5, 0.6) is 5.75 Å². The normalized spacial score (nSPS) is 12.0. The number of aliphatic hydroxyl groups excluding tert-OH is 1. The summed E-state index contributed by atoms with van der Waals surface area (Å²) < 4.78 is 37.6. The molecule has 0 radical (unpaired) electrons. The SMILES string of the molecule is COc1cc(C(F)(F)CCO)ccc1NC(=O)OC(C)(C)C. The third-order valence-corrected chi connectivity index (χ3v) is 2.69. The van der Waals surface area contributed by atoms with Gasteiger partial charge < -0.3 is 14.6 Å². The Kier molecular flexibility index (Phi) is 5.71. The molecule has 0 spiro atoms. The summed E-state index contributed by atoms with van der Waals surface area (Å²) in [5.74, 6) is -3.09. The van der Waals surface area contributed by atoms with Crippen LogP contribution in [-0.2, 0) is 10.7 Å². The summed E-state index contributed by atoms with van der Waals surface area (Å²) in [6.45, 7) is 4.50. The molecule has 2 N–H and O–H groups in total. The van der Waals surface area contributed by atoms with Crippen molar-refractivity contribution in [2.75, 3.05) is 19.0 Å². The van der Waals surface area contributed by atoms with E-state index in [1.807, 2.05) is 0 Å². The van der Waals surface area contributed by atoms with Crippen LogP contribution >= 0.6 is 0 Å². The van der Waals surface area contributed by atoms with Crippen molar-refractivity contribution in [2.45, 2.75) is 38.7 Å². The van der Waals surface area contributed by atoms with Crippen molar-refractivity contribution in [2.24, 2.45) is 0 Å². The van der Waals surface area contributed by atoms with Gasteiger partial charge in [-0.2, -0.15) is 0 Å². The number of methoxy groups -OCH3 is 1. The number of anilines is 1. The highest BCUT2D eigenvalue weighted by molar-refractivity contribution is 5.87. The minimum atomic E-state index is -3.17. The zero-order valence-electron chi connectivity index (χ0n) is 13.1. The molecule has 0 aliphatic rings. The van der Waals surface area contributed by atoms with Crippen LogP contribution < -0.4 is 10.1 Å². The lowest BCUT2D eigenvalue weighted by molar-refractivity contribution is -0.0270. The van der Waals surface area contributed by atoms with E-state index < -0.39 is 30.6 Å². The van der Waals surface area contributed by atoms with Gasteiger partial charge in [0.05, 0.1) is 12.8 Å². The van der Waals surface area contributed by atoms with Crippen LogP contribution in [0.1, 0.15) is 32.8 Å². The van der Waals surface area contributed by atoms with E-state index in [2.05, 4.69) is 5.32 Å². The number of alkyl halides is 2. The number of carbonyl (C=O) groups excluding carboxylic acids is 1. The number of rotatable bonds is 5. The van der Waals surface area contributed by atoms with Gasteiger partial charge in [0, 0.05) is 18.6 Å². The maximum absolute atomic E-state index is 13.8. The first-order valence-corrected chi connectivity index (χ1v) is 6.76. The lowest BCUT2D eigenvalue weighted by Crippen LogP contribution is -2.27. The number of hydrogen-bond donors (Lipinski definition) is 2. The van der Waals surface area contributed by atoms with Crippen molar-refractivity contribution >= 4 is 11.8 Å². The van der Waals surface area contributed by atoms with Crippen molar-refractivity contribution in [3.63, 3.8) is 0 Å². The van der Waals surface area contributed by atoms with E-state index in [1.54, 1.807) is 20.8 Å². The molecule has 0 aliphatic heterocycles. The van der Waals surface area contributed by atoms with Crippen LogP contribution in [0.15, 0.2) is 18.2 Å². The Hall–Kier alpha value is -1.89. The van der Waals surface area contributed by atoms with Crippen molar-refractivity contribution in [1.82, 2.24) is 0 Å². The van der Waals surface area contributed by atoms with Crippen molar-refractivity contribution < 1.29 is 28.2 Å². The first-order chi connectivity index (χ1) is 10.1. The van der Waals surface area contributed by atoms with E-state index in [1.165, 1.54) is 19.2 Å². The van der Waals surface area contributed by atoms with E-state index in [4.69, 9.17) is 14.6 Å². The van der Waals surface area contributed by atoms with Crippen LogP contribution in [0.4, 0.5) is 19.3 Å². The minimum Gasteiger partial charge on any atom is -0.495 e. The Morgan fingerprint density at radius 1 is 1.32 bits per heavy atom. The molecular formula is C15H21F2NO4. The highest BCUT2D eigenvalue weighted by Gasteiger charge is 2.31. The molecule has 0 atom stereocenters. The number of hydrogen-bond acceptors (Lipinski definition) is 4. The van der Waals surface area contributed by atoms with Gasteiger partial charge in [-0.15, -0.1) is 0 Å². The van der Waals surface area contributed by atoms with E-state index in [0.717, 1.165) is 6.07 Å². The molecule has 124 valence electrons. The highest BCUT2D eigenvalue weighted by atomic mass is 19.3. The molecule has 22 heavy (non-hydrogen) atoms. The van der Waals surface area contributed by atoms with Gasteiger partial charge in [-0.25, -0.2) is 13.6 Å². The van der Waals surface area contributed by atoms with Crippen LogP contribution in [0.2, 0.25) is 0 Å². The molecule has 1 aromatic carbocycles. The second-order valence-electron chi connectivity index (χ2n) is 5.72. The summed E-state index contributed by atoms with van der Waals surface area (Å²) in [7, 11) is 1.31. The maximum atomic E-state index is 13.8. The molecule has 0 saturated heterocycles.